The fourth-order valence-corrected chi connectivity index (χ4v) is 5.00. The lowest BCUT2D eigenvalue weighted by molar-refractivity contribution is -0.137. The Kier molecular flexibility index (Phi) is 5.12. The van der Waals surface area contributed by atoms with Crippen molar-refractivity contribution in [2.24, 2.45) is 5.41 Å². The van der Waals surface area contributed by atoms with E-state index in [1.165, 1.54) is 10.5 Å². The molecule has 1 aromatic heterocycles. The molecule has 2 saturated heterocycles. The minimum Gasteiger partial charge on any atom is -0.299 e. The first kappa shape index (κ1) is 20.8. The fourth-order valence-electron chi connectivity index (χ4n) is 5.00. The molecule has 0 bridgehead atoms. The molecule has 0 aliphatic carbocycles. The molecule has 2 aliphatic heterocycles. The lowest BCUT2D eigenvalue weighted by Crippen LogP contribution is -2.45. The van der Waals surface area contributed by atoms with Crippen molar-refractivity contribution in [3.8, 4) is 0 Å². The first-order valence-electron chi connectivity index (χ1n) is 10.3. The number of pyridine rings is 1. The van der Waals surface area contributed by atoms with Crippen LogP contribution >= 0.6 is 0 Å². The Hall–Kier alpha value is -2.41. The Morgan fingerprint density at radius 3 is 2.37 bits per heavy atom. The highest BCUT2D eigenvalue weighted by Crippen LogP contribution is 2.50. The van der Waals surface area contributed by atoms with E-state index >= 15 is 0 Å². The van der Waals surface area contributed by atoms with Crippen molar-refractivity contribution < 1.29 is 18.0 Å². The third-order valence-corrected chi connectivity index (χ3v) is 6.40. The Balaban J connectivity index is 1.53. The van der Waals surface area contributed by atoms with Crippen molar-refractivity contribution in [1.29, 1.82) is 0 Å². The van der Waals surface area contributed by atoms with Gasteiger partial charge in [-0.1, -0.05) is 30.3 Å². The van der Waals surface area contributed by atoms with Crippen LogP contribution in [-0.4, -0.2) is 34.4 Å². The number of carbonyl (C=O) groups excluding carboxylic acids is 1. The van der Waals surface area contributed by atoms with Crippen molar-refractivity contribution >= 4 is 11.7 Å². The molecule has 1 amide bonds. The molecule has 0 atom stereocenters. The van der Waals surface area contributed by atoms with E-state index in [2.05, 4.69) is 22.0 Å². The second kappa shape index (κ2) is 7.38. The predicted octanol–water partition coefficient (Wildman–Crippen LogP) is 4.90. The van der Waals surface area contributed by atoms with Gasteiger partial charge < -0.3 is 0 Å². The topological polar surface area (TPSA) is 36.4 Å². The summed E-state index contributed by atoms with van der Waals surface area (Å²) >= 11 is 0. The van der Waals surface area contributed by atoms with Gasteiger partial charge in [0.25, 0.3) is 0 Å². The molecule has 0 radical (unpaired) electrons. The van der Waals surface area contributed by atoms with Gasteiger partial charge in [-0.2, -0.15) is 13.2 Å². The van der Waals surface area contributed by atoms with E-state index in [4.69, 9.17) is 0 Å². The molecule has 160 valence electrons. The summed E-state index contributed by atoms with van der Waals surface area (Å²) in [6, 6.07) is 12.1. The molecule has 4 nitrogen and oxygen atoms in total. The second-order valence-corrected chi connectivity index (χ2v) is 9.07. The highest BCUT2D eigenvalue weighted by molar-refractivity contribution is 6.01. The van der Waals surface area contributed by atoms with Crippen molar-refractivity contribution in [1.82, 2.24) is 9.88 Å². The van der Waals surface area contributed by atoms with Crippen LogP contribution in [-0.2, 0) is 17.5 Å². The summed E-state index contributed by atoms with van der Waals surface area (Å²) in [5.41, 5.74) is -0.668. The van der Waals surface area contributed by atoms with Crippen molar-refractivity contribution in [3.63, 3.8) is 0 Å². The molecule has 1 spiro atoms. The van der Waals surface area contributed by atoms with Gasteiger partial charge in [0.1, 0.15) is 5.82 Å². The normalized spacial score (nSPS) is 21.4. The van der Waals surface area contributed by atoms with E-state index in [0.717, 1.165) is 38.0 Å². The van der Waals surface area contributed by atoms with Crippen LogP contribution in [0.3, 0.4) is 0 Å². The lowest BCUT2D eigenvalue weighted by atomic mass is 9.74. The Morgan fingerprint density at radius 1 is 1.07 bits per heavy atom. The number of anilines is 1. The van der Waals surface area contributed by atoms with Crippen LogP contribution in [0.25, 0.3) is 0 Å². The van der Waals surface area contributed by atoms with Gasteiger partial charge in [-0.3, -0.25) is 14.6 Å². The van der Waals surface area contributed by atoms with Gasteiger partial charge in [-0.25, -0.2) is 4.98 Å². The quantitative estimate of drug-likeness (QED) is 0.713. The van der Waals surface area contributed by atoms with E-state index < -0.39 is 22.7 Å². The van der Waals surface area contributed by atoms with E-state index in [-0.39, 0.29) is 11.7 Å². The van der Waals surface area contributed by atoms with Gasteiger partial charge in [0.05, 0.1) is 11.0 Å². The summed E-state index contributed by atoms with van der Waals surface area (Å²) in [5, 5.41) is 0. The summed E-state index contributed by atoms with van der Waals surface area (Å²) in [7, 11) is 0. The van der Waals surface area contributed by atoms with Crippen LogP contribution in [0.4, 0.5) is 19.0 Å². The van der Waals surface area contributed by atoms with Gasteiger partial charge in [0, 0.05) is 18.3 Å². The average Bonchev–Trinajstić information content (AvgIpc) is 2.89. The van der Waals surface area contributed by atoms with Gasteiger partial charge in [0.15, 0.2) is 0 Å². The standard InChI is InChI=1S/C23H26F3N3O/c1-21(2)16-22(9-12-28(13-10-22)15-17-6-4-3-5-7-17)20(30)29(21)19-14-18(8-11-27-19)23(24,25)26/h3-8,11,14H,9-10,12-13,15-16H2,1-2H3. The zero-order valence-corrected chi connectivity index (χ0v) is 17.2. The lowest BCUT2D eigenvalue weighted by Gasteiger charge is -2.38. The van der Waals surface area contributed by atoms with Crippen molar-refractivity contribution in [2.45, 2.75) is 51.4 Å². The molecule has 3 heterocycles. The maximum Gasteiger partial charge on any atom is 0.416 e. The summed E-state index contributed by atoms with van der Waals surface area (Å²) in [6.07, 6.45) is -1.30. The minimum absolute atomic E-state index is 0.0865. The van der Waals surface area contributed by atoms with Crippen molar-refractivity contribution in [3.05, 3.63) is 59.8 Å². The number of alkyl halides is 3. The Labute approximate surface area is 174 Å². The average molecular weight is 417 g/mol. The van der Waals surface area contributed by atoms with Gasteiger partial charge >= 0.3 is 6.18 Å². The van der Waals surface area contributed by atoms with Gasteiger partial charge in [-0.05, 0) is 63.9 Å². The maximum atomic E-state index is 13.5. The van der Waals surface area contributed by atoms with E-state index in [1.54, 1.807) is 0 Å². The number of rotatable bonds is 3. The van der Waals surface area contributed by atoms with Crippen molar-refractivity contribution in [2.75, 3.05) is 18.0 Å². The number of halogens is 3. The Morgan fingerprint density at radius 2 is 1.73 bits per heavy atom. The number of carbonyl (C=O) groups is 1. The van der Waals surface area contributed by atoms with E-state index in [9.17, 15) is 18.0 Å². The smallest absolute Gasteiger partial charge is 0.299 e. The Bertz CT molecular complexity index is 919. The molecular weight excluding hydrogens is 391 g/mol. The number of nitrogens with zero attached hydrogens (tertiary/aromatic N) is 3. The van der Waals surface area contributed by atoms with Crippen LogP contribution in [0.1, 0.15) is 44.2 Å². The summed E-state index contributed by atoms with van der Waals surface area (Å²) < 4.78 is 39.5. The maximum absolute atomic E-state index is 13.5. The third kappa shape index (κ3) is 3.83. The molecule has 0 N–H and O–H groups in total. The van der Waals surface area contributed by atoms with Crippen LogP contribution < -0.4 is 4.90 Å². The largest absolute Gasteiger partial charge is 0.416 e. The summed E-state index contributed by atoms with van der Waals surface area (Å²) in [4.78, 5) is 21.5. The molecule has 2 aliphatic rings. The monoisotopic (exact) mass is 417 g/mol. The molecule has 0 saturated carbocycles. The number of amides is 1. The highest BCUT2D eigenvalue weighted by Gasteiger charge is 2.56. The van der Waals surface area contributed by atoms with Crippen LogP contribution in [0, 0.1) is 5.41 Å². The fraction of sp³-hybridized carbons (Fsp3) is 0.478. The number of hydrogen-bond donors (Lipinski definition) is 0. The van der Waals surface area contributed by atoms with Crippen LogP contribution in [0.2, 0.25) is 0 Å². The number of aromatic nitrogens is 1. The number of hydrogen-bond acceptors (Lipinski definition) is 3. The first-order valence-corrected chi connectivity index (χ1v) is 10.3. The van der Waals surface area contributed by atoms with Crippen LogP contribution in [0.15, 0.2) is 48.7 Å². The molecule has 0 unspecified atom stereocenters. The van der Waals surface area contributed by atoms with E-state index in [1.807, 2.05) is 32.0 Å². The summed E-state index contributed by atoms with van der Waals surface area (Å²) in [6.45, 7) is 6.25. The molecule has 2 fully saturated rings. The zero-order chi connectivity index (χ0) is 21.6. The van der Waals surface area contributed by atoms with E-state index in [0.29, 0.717) is 19.3 Å². The molecular formula is C23H26F3N3O. The highest BCUT2D eigenvalue weighted by atomic mass is 19.4. The third-order valence-electron chi connectivity index (χ3n) is 6.40. The molecule has 2 aromatic rings. The second-order valence-electron chi connectivity index (χ2n) is 9.07. The number of piperidine rings is 1. The number of likely N-dealkylation sites (tertiary alicyclic amines) is 1. The first-order chi connectivity index (χ1) is 14.1. The van der Waals surface area contributed by atoms with Gasteiger partial charge in [-0.15, -0.1) is 0 Å². The molecule has 1 aromatic carbocycles. The summed E-state index contributed by atoms with van der Waals surface area (Å²) in [5.74, 6) is -0.0119. The minimum atomic E-state index is -4.47. The number of benzene rings is 1. The molecule has 30 heavy (non-hydrogen) atoms. The SMILES string of the molecule is CC1(C)CC2(CCN(Cc3ccccc3)CC2)C(=O)N1c1cc(C(F)(F)F)ccn1. The molecule has 7 heteroatoms. The van der Waals surface area contributed by atoms with Crippen LogP contribution in [0.5, 0.6) is 0 Å². The zero-order valence-electron chi connectivity index (χ0n) is 17.2. The van der Waals surface area contributed by atoms with Gasteiger partial charge in [0.2, 0.25) is 5.91 Å². The predicted molar refractivity (Wildman–Crippen MR) is 109 cm³/mol. The molecule has 4 rings (SSSR count).